The first-order valence-electron chi connectivity index (χ1n) is 8.75. The minimum absolute atomic E-state index is 0.122. The molecule has 0 saturated heterocycles. The maximum Gasteiger partial charge on any atom is 0.261 e. The van der Waals surface area contributed by atoms with Gasteiger partial charge in [0.25, 0.3) is 5.91 Å². The maximum absolute atomic E-state index is 12.5. The summed E-state index contributed by atoms with van der Waals surface area (Å²) in [6.45, 7) is 2.40. The summed E-state index contributed by atoms with van der Waals surface area (Å²) in [7, 11) is 1.60. The molecule has 0 saturated carbocycles. The van der Waals surface area contributed by atoms with Gasteiger partial charge in [0.1, 0.15) is 11.5 Å². The van der Waals surface area contributed by atoms with Crippen molar-refractivity contribution in [3.8, 4) is 11.5 Å². The third-order valence-corrected chi connectivity index (χ3v) is 4.26. The van der Waals surface area contributed by atoms with E-state index in [4.69, 9.17) is 9.47 Å². The van der Waals surface area contributed by atoms with Crippen LogP contribution in [0.15, 0.2) is 66.7 Å². The van der Waals surface area contributed by atoms with E-state index < -0.39 is 6.10 Å². The van der Waals surface area contributed by atoms with Gasteiger partial charge in [-0.3, -0.25) is 4.79 Å². The Kier molecular flexibility index (Phi) is 5.74. The summed E-state index contributed by atoms with van der Waals surface area (Å²) in [6, 6.07) is 21.7. The van der Waals surface area contributed by atoms with Crippen LogP contribution in [0, 0.1) is 0 Å². The lowest BCUT2D eigenvalue weighted by Gasteiger charge is -2.18. The maximum atomic E-state index is 12.5. The van der Waals surface area contributed by atoms with Gasteiger partial charge < -0.3 is 14.8 Å². The Balaban J connectivity index is 1.62. The summed E-state index contributed by atoms with van der Waals surface area (Å²) in [5.74, 6) is 1.20. The van der Waals surface area contributed by atoms with E-state index in [1.807, 2.05) is 43.3 Å². The topological polar surface area (TPSA) is 47.6 Å². The van der Waals surface area contributed by atoms with Gasteiger partial charge in [-0.15, -0.1) is 0 Å². The highest BCUT2D eigenvalue weighted by Crippen LogP contribution is 2.21. The fraction of sp³-hybridized carbons (Fsp3) is 0.227. The Labute approximate surface area is 153 Å². The summed E-state index contributed by atoms with van der Waals surface area (Å²) < 4.78 is 11.0. The molecule has 26 heavy (non-hydrogen) atoms. The van der Waals surface area contributed by atoms with Crippen LogP contribution in [0.5, 0.6) is 11.5 Å². The number of carbonyl (C=O) groups is 1. The third kappa shape index (κ3) is 4.33. The Bertz CT molecular complexity index is 891. The van der Waals surface area contributed by atoms with Crippen molar-refractivity contribution in [2.75, 3.05) is 7.11 Å². The van der Waals surface area contributed by atoms with Crippen LogP contribution in [0.3, 0.4) is 0 Å². The lowest BCUT2D eigenvalue weighted by Crippen LogP contribution is -2.37. The molecule has 0 aromatic heterocycles. The van der Waals surface area contributed by atoms with Gasteiger partial charge >= 0.3 is 0 Å². The number of hydrogen-bond acceptors (Lipinski definition) is 3. The Morgan fingerprint density at radius 3 is 2.50 bits per heavy atom. The number of amides is 1. The predicted octanol–water partition coefficient (Wildman–Crippen LogP) is 4.32. The fourth-order valence-electron chi connectivity index (χ4n) is 2.81. The first kappa shape index (κ1) is 17.8. The quantitative estimate of drug-likeness (QED) is 0.691. The first-order valence-corrected chi connectivity index (χ1v) is 8.75. The van der Waals surface area contributed by atoms with E-state index in [9.17, 15) is 4.79 Å². The Hall–Kier alpha value is -3.01. The molecule has 0 aliphatic heterocycles. The van der Waals surface area contributed by atoms with Gasteiger partial charge in [-0.25, -0.2) is 0 Å². The number of ether oxygens (including phenoxy) is 2. The minimum atomic E-state index is -0.539. The first-order chi connectivity index (χ1) is 12.7. The van der Waals surface area contributed by atoms with Gasteiger partial charge in [-0.05, 0) is 41.0 Å². The van der Waals surface area contributed by atoms with Crippen molar-refractivity contribution in [2.24, 2.45) is 0 Å². The number of nitrogens with one attached hydrogen (secondary N) is 1. The van der Waals surface area contributed by atoms with Gasteiger partial charge in [-0.1, -0.05) is 49.4 Å². The molecule has 1 amide bonds. The molecule has 0 spiro atoms. The van der Waals surface area contributed by atoms with Gasteiger partial charge in [-0.2, -0.15) is 0 Å². The zero-order valence-corrected chi connectivity index (χ0v) is 15.1. The summed E-state index contributed by atoms with van der Waals surface area (Å²) in [4.78, 5) is 12.5. The molecule has 0 aliphatic rings. The van der Waals surface area contributed by atoms with E-state index in [1.54, 1.807) is 13.2 Å². The number of methoxy groups -OCH3 is 1. The molecule has 4 nitrogen and oxygen atoms in total. The van der Waals surface area contributed by atoms with Gasteiger partial charge in [0, 0.05) is 12.6 Å². The standard InChI is InChI=1S/C22H23NO3/c1-3-21(26-20-10-6-9-19(14-20)25-2)22(24)23-15-16-11-12-17-7-4-5-8-18(17)13-16/h4-14,21H,3,15H2,1-2H3,(H,23,24). The molecule has 1 unspecified atom stereocenters. The molecule has 3 aromatic rings. The van der Waals surface area contributed by atoms with E-state index in [-0.39, 0.29) is 5.91 Å². The second-order valence-corrected chi connectivity index (χ2v) is 6.09. The normalized spacial score (nSPS) is 11.8. The largest absolute Gasteiger partial charge is 0.497 e. The molecule has 0 heterocycles. The summed E-state index contributed by atoms with van der Waals surface area (Å²) in [5.41, 5.74) is 1.06. The number of fused-ring (bicyclic) bond motifs is 1. The van der Waals surface area contributed by atoms with E-state index in [1.165, 1.54) is 10.8 Å². The SMILES string of the molecule is CCC(Oc1cccc(OC)c1)C(=O)NCc1ccc2ccccc2c1. The van der Waals surface area contributed by atoms with E-state index in [2.05, 4.69) is 29.6 Å². The second kappa shape index (κ2) is 8.39. The molecular weight excluding hydrogens is 326 g/mol. The van der Waals surface area contributed by atoms with Crippen LogP contribution in [-0.4, -0.2) is 19.1 Å². The summed E-state index contributed by atoms with van der Waals surface area (Å²) in [5, 5.41) is 5.32. The highest BCUT2D eigenvalue weighted by molar-refractivity contribution is 5.83. The van der Waals surface area contributed by atoms with Crippen molar-refractivity contribution in [3.63, 3.8) is 0 Å². The molecule has 134 valence electrons. The smallest absolute Gasteiger partial charge is 0.261 e. The molecule has 0 aliphatic carbocycles. The van der Waals surface area contributed by atoms with Crippen LogP contribution < -0.4 is 14.8 Å². The Morgan fingerprint density at radius 2 is 1.73 bits per heavy atom. The molecule has 0 fully saturated rings. The zero-order chi connectivity index (χ0) is 18.4. The number of benzene rings is 3. The highest BCUT2D eigenvalue weighted by atomic mass is 16.5. The lowest BCUT2D eigenvalue weighted by molar-refractivity contribution is -0.128. The van der Waals surface area contributed by atoms with Crippen molar-refractivity contribution >= 4 is 16.7 Å². The molecule has 4 heteroatoms. The van der Waals surface area contributed by atoms with Crippen LogP contribution in [0.25, 0.3) is 10.8 Å². The van der Waals surface area contributed by atoms with Crippen LogP contribution in [0.1, 0.15) is 18.9 Å². The average Bonchev–Trinajstić information content (AvgIpc) is 2.70. The van der Waals surface area contributed by atoms with Crippen molar-refractivity contribution in [1.82, 2.24) is 5.32 Å². The minimum Gasteiger partial charge on any atom is -0.497 e. The van der Waals surface area contributed by atoms with Crippen LogP contribution in [0.2, 0.25) is 0 Å². The molecule has 0 radical (unpaired) electrons. The van der Waals surface area contributed by atoms with Crippen LogP contribution >= 0.6 is 0 Å². The van der Waals surface area contributed by atoms with Gasteiger partial charge in [0.2, 0.25) is 0 Å². The summed E-state index contributed by atoms with van der Waals surface area (Å²) >= 11 is 0. The molecule has 0 bridgehead atoms. The Morgan fingerprint density at radius 1 is 0.962 bits per heavy atom. The van der Waals surface area contributed by atoms with Crippen molar-refractivity contribution in [2.45, 2.75) is 26.0 Å². The monoisotopic (exact) mass is 349 g/mol. The van der Waals surface area contributed by atoms with Crippen LogP contribution in [-0.2, 0) is 11.3 Å². The van der Waals surface area contributed by atoms with Gasteiger partial charge in [0.15, 0.2) is 6.10 Å². The lowest BCUT2D eigenvalue weighted by atomic mass is 10.1. The second-order valence-electron chi connectivity index (χ2n) is 6.09. The van der Waals surface area contributed by atoms with Crippen molar-refractivity contribution < 1.29 is 14.3 Å². The molecule has 3 aromatic carbocycles. The number of hydrogen-bond donors (Lipinski definition) is 1. The molecular formula is C22H23NO3. The molecule has 1 N–H and O–H groups in total. The average molecular weight is 349 g/mol. The summed E-state index contributed by atoms with van der Waals surface area (Å²) in [6.07, 6.45) is 0.0448. The number of rotatable bonds is 7. The van der Waals surface area contributed by atoms with E-state index >= 15 is 0 Å². The highest BCUT2D eigenvalue weighted by Gasteiger charge is 2.18. The fourth-order valence-corrected chi connectivity index (χ4v) is 2.81. The van der Waals surface area contributed by atoms with Gasteiger partial charge in [0.05, 0.1) is 7.11 Å². The zero-order valence-electron chi connectivity index (χ0n) is 15.1. The van der Waals surface area contributed by atoms with Crippen molar-refractivity contribution in [1.29, 1.82) is 0 Å². The number of carbonyl (C=O) groups excluding carboxylic acids is 1. The molecule has 1 atom stereocenters. The predicted molar refractivity (Wildman–Crippen MR) is 103 cm³/mol. The van der Waals surface area contributed by atoms with Crippen LogP contribution in [0.4, 0.5) is 0 Å². The van der Waals surface area contributed by atoms with Crippen molar-refractivity contribution in [3.05, 3.63) is 72.3 Å². The third-order valence-electron chi connectivity index (χ3n) is 4.26. The molecule has 3 rings (SSSR count). The van der Waals surface area contributed by atoms with E-state index in [0.29, 0.717) is 24.5 Å². The van der Waals surface area contributed by atoms with E-state index in [0.717, 1.165) is 5.56 Å².